The minimum absolute atomic E-state index is 0.220. The Morgan fingerprint density at radius 2 is 1.50 bits per heavy atom. The van der Waals surface area contributed by atoms with Gasteiger partial charge in [-0.2, -0.15) is 0 Å². The van der Waals surface area contributed by atoms with Crippen molar-refractivity contribution in [3.05, 3.63) is 42.0 Å². The predicted octanol–water partition coefficient (Wildman–Crippen LogP) is 2.84. The summed E-state index contributed by atoms with van der Waals surface area (Å²) in [7, 11) is -0.680. The number of carboxylic acid groups (broad SMARTS) is 1. The van der Waals surface area contributed by atoms with Gasteiger partial charge < -0.3 is 14.4 Å². The largest absolute Gasteiger partial charge is 0.495 e. The van der Waals surface area contributed by atoms with Gasteiger partial charge >= 0.3 is 13.1 Å². The molecule has 114 valence electrons. The van der Waals surface area contributed by atoms with E-state index in [1.54, 1.807) is 6.07 Å². The van der Waals surface area contributed by atoms with Crippen LogP contribution in [0.1, 0.15) is 38.1 Å². The number of carboxylic acids is 1. The third-order valence-corrected chi connectivity index (χ3v) is 4.66. The molecule has 0 atom stereocenters. The lowest BCUT2D eigenvalue weighted by Crippen LogP contribution is -2.41. The van der Waals surface area contributed by atoms with E-state index in [0.717, 1.165) is 10.8 Å². The van der Waals surface area contributed by atoms with Crippen LogP contribution < -0.4 is 5.46 Å². The van der Waals surface area contributed by atoms with Gasteiger partial charge in [0.15, 0.2) is 0 Å². The van der Waals surface area contributed by atoms with Gasteiger partial charge in [-0.05, 0) is 50.0 Å². The summed E-state index contributed by atoms with van der Waals surface area (Å²) in [5.41, 5.74) is -0.222. The van der Waals surface area contributed by atoms with Crippen LogP contribution in [0.4, 0.5) is 0 Å². The van der Waals surface area contributed by atoms with Gasteiger partial charge in [0.2, 0.25) is 0 Å². The van der Waals surface area contributed by atoms with Gasteiger partial charge in [0.25, 0.3) is 0 Å². The second-order valence-corrected chi connectivity index (χ2v) is 6.68. The topological polar surface area (TPSA) is 55.8 Å². The highest BCUT2D eigenvalue weighted by Crippen LogP contribution is 2.37. The van der Waals surface area contributed by atoms with Crippen molar-refractivity contribution in [2.24, 2.45) is 0 Å². The molecule has 22 heavy (non-hydrogen) atoms. The molecule has 3 rings (SSSR count). The lowest BCUT2D eigenvalue weighted by Gasteiger charge is -2.32. The first-order valence-electron chi connectivity index (χ1n) is 7.33. The van der Waals surface area contributed by atoms with Crippen molar-refractivity contribution in [2.75, 3.05) is 0 Å². The zero-order chi connectivity index (χ0) is 16.1. The first-order chi connectivity index (χ1) is 10.2. The number of hydrogen-bond acceptors (Lipinski definition) is 3. The lowest BCUT2D eigenvalue weighted by molar-refractivity contribution is 0.00578. The fourth-order valence-corrected chi connectivity index (χ4v) is 2.61. The van der Waals surface area contributed by atoms with E-state index in [9.17, 15) is 9.90 Å². The third-order valence-electron chi connectivity index (χ3n) is 4.66. The second-order valence-electron chi connectivity index (χ2n) is 6.68. The predicted molar refractivity (Wildman–Crippen MR) is 86.6 cm³/mol. The Labute approximate surface area is 130 Å². The highest BCUT2D eigenvalue weighted by molar-refractivity contribution is 6.64. The molecule has 5 heteroatoms. The zero-order valence-corrected chi connectivity index (χ0v) is 13.2. The molecule has 0 amide bonds. The van der Waals surface area contributed by atoms with Crippen LogP contribution in [0.15, 0.2) is 36.4 Å². The summed E-state index contributed by atoms with van der Waals surface area (Å²) in [5, 5.41) is 11.4. The minimum Gasteiger partial charge on any atom is -0.478 e. The third kappa shape index (κ3) is 2.30. The van der Waals surface area contributed by atoms with Gasteiger partial charge in [-0.1, -0.05) is 30.3 Å². The molecule has 0 unspecified atom stereocenters. The molecule has 1 aliphatic rings. The van der Waals surface area contributed by atoms with E-state index in [0.29, 0.717) is 5.46 Å². The molecule has 1 heterocycles. The Bertz CT molecular complexity index is 735. The van der Waals surface area contributed by atoms with Crippen molar-refractivity contribution in [1.29, 1.82) is 0 Å². The smallest absolute Gasteiger partial charge is 0.478 e. The SMILES string of the molecule is CC1(C)OB(c2cc3ccccc3cc2C(=O)O)OC1(C)C. The highest BCUT2D eigenvalue weighted by Gasteiger charge is 2.52. The van der Waals surface area contributed by atoms with Crippen LogP contribution in [0.5, 0.6) is 0 Å². The van der Waals surface area contributed by atoms with Gasteiger partial charge in [0.05, 0.1) is 16.8 Å². The van der Waals surface area contributed by atoms with Crippen LogP contribution >= 0.6 is 0 Å². The standard InChI is InChI=1S/C17H19BO4/c1-16(2)17(3,4)22-18(21-16)14-10-12-8-6-5-7-11(12)9-13(14)15(19)20/h5-10H,1-4H3,(H,19,20). The Morgan fingerprint density at radius 3 is 2.00 bits per heavy atom. The maximum absolute atomic E-state index is 11.6. The quantitative estimate of drug-likeness (QED) is 0.866. The van der Waals surface area contributed by atoms with Gasteiger partial charge in [0.1, 0.15) is 0 Å². The molecule has 0 saturated carbocycles. The minimum atomic E-state index is -0.976. The molecule has 2 aromatic rings. The average molecular weight is 298 g/mol. The van der Waals surface area contributed by atoms with E-state index in [4.69, 9.17) is 9.31 Å². The average Bonchev–Trinajstić information content (AvgIpc) is 2.66. The Morgan fingerprint density at radius 1 is 1.00 bits per heavy atom. The number of carbonyl (C=O) groups is 1. The van der Waals surface area contributed by atoms with Crippen LogP contribution in [-0.4, -0.2) is 29.4 Å². The van der Waals surface area contributed by atoms with E-state index >= 15 is 0 Å². The number of hydrogen-bond donors (Lipinski definition) is 1. The summed E-state index contributed by atoms with van der Waals surface area (Å²) in [5.74, 6) is -0.976. The lowest BCUT2D eigenvalue weighted by atomic mass is 9.75. The van der Waals surface area contributed by atoms with Crippen LogP contribution in [0.25, 0.3) is 10.8 Å². The molecular weight excluding hydrogens is 279 g/mol. The van der Waals surface area contributed by atoms with Crippen LogP contribution in [0.3, 0.4) is 0 Å². The zero-order valence-electron chi connectivity index (χ0n) is 13.2. The molecule has 0 spiro atoms. The normalized spacial score (nSPS) is 19.5. The van der Waals surface area contributed by atoms with Crippen molar-refractivity contribution < 1.29 is 19.2 Å². The number of fused-ring (bicyclic) bond motifs is 1. The van der Waals surface area contributed by atoms with E-state index in [2.05, 4.69) is 0 Å². The number of benzene rings is 2. The summed E-state index contributed by atoms with van der Waals surface area (Å²) in [6, 6.07) is 11.2. The van der Waals surface area contributed by atoms with Crippen molar-refractivity contribution in [2.45, 2.75) is 38.9 Å². The van der Waals surface area contributed by atoms with Crippen molar-refractivity contribution in [1.82, 2.24) is 0 Å². The van der Waals surface area contributed by atoms with E-state index in [1.807, 2.05) is 58.0 Å². The first-order valence-corrected chi connectivity index (χ1v) is 7.33. The summed E-state index contributed by atoms with van der Waals surface area (Å²) in [4.78, 5) is 11.6. The molecule has 1 saturated heterocycles. The van der Waals surface area contributed by atoms with Gasteiger partial charge in [-0.3, -0.25) is 0 Å². The number of aromatic carboxylic acids is 1. The fourth-order valence-electron chi connectivity index (χ4n) is 2.61. The van der Waals surface area contributed by atoms with Crippen LogP contribution in [-0.2, 0) is 9.31 Å². The monoisotopic (exact) mass is 298 g/mol. The highest BCUT2D eigenvalue weighted by atomic mass is 16.7. The Kier molecular flexibility index (Phi) is 3.31. The molecular formula is C17H19BO4. The maximum atomic E-state index is 11.6. The summed E-state index contributed by atoms with van der Waals surface area (Å²) in [6.07, 6.45) is 0. The van der Waals surface area contributed by atoms with Crippen LogP contribution in [0, 0.1) is 0 Å². The molecule has 1 N–H and O–H groups in total. The van der Waals surface area contributed by atoms with Gasteiger partial charge in [-0.25, -0.2) is 4.79 Å². The molecule has 0 bridgehead atoms. The summed E-state index contributed by atoms with van der Waals surface area (Å²) in [6.45, 7) is 7.81. The number of rotatable bonds is 2. The fraction of sp³-hybridized carbons (Fsp3) is 0.353. The van der Waals surface area contributed by atoms with E-state index < -0.39 is 24.3 Å². The van der Waals surface area contributed by atoms with Crippen molar-refractivity contribution in [3.8, 4) is 0 Å². The molecule has 1 aliphatic heterocycles. The Hall–Kier alpha value is -1.85. The van der Waals surface area contributed by atoms with Crippen molar-refractivity contribution >= 4 is 29.3 Å². The molecule has 0 radical (unpaired) electrons. The van der Waals surface area contributed by atoms with E-state index in [1.165, 1.54) is 0 Å². The van der Waals surface area contributed by atoms with E-state index in [-0.39, 0.29) is 5.56 Å². The summed E-state index contributed by atoms with van der Waals surface area (Å²) >= 11 is 0. The Balaban J connectivity index is 2.14. The molecule has 4 nitrogen and oxygen atoms in total. The maximum Gasteiger partial charge on any atom is 0.495 e. The first kappa shape index (κ1) is 15.1. The molecule has 0 aromatic heterocycles. The summed E-state index contributed by atoms with van der Waals surface area (Å²) < 4.78 is 12.0. The molecule has 1 fully saturated rings. The van der Waals surface area contributed by atoms with Crippen molar-refractivity contribution in [3.63, 3.8) is 0 Å². The van der Waals surface area contributed by atoms with Gasteiger partial charge in [-0.15, -0.1) is 0 Å². The molecule has 0 aliphatic carbocycles. The van der Waals surface area contributed by atoms with Gasteiger partial charge in [0, 0.05) is 0 Å². The molecule has 2 aromatic carbocycles. The van der Waals surface area contributed by atoms with Crippen LogP contribution in [0.2, 0.25) is 0 Å². The second kappa shape index (κ2) is 4.83.